The molecule has 1 aromatic rings. The molecule has 0 saturated carbocycles. The van der Waals surface area contributed by atoms with E-state index in [1.165, 1.54) is 0 Å². The lowest BCUT2D eigenvalue weighted by atomic mass is 10.1. The summed E-state index contributed by atoms with van der Waals surface area (Å²) in [6.07, 6.45) is 2.23. The standard InChI is InChI=1S/C17H23BrN4O2/c1-5-14-11-21(15-12(9-19)8-13(18)10-20-15)6-7-22(14)16(23)24-17(2,3)4/h8,10,14H,5-7,11H2,1-4H3. The fraction of sp³-hybridized carbons (Fsp3) is 0.588. The van der Waals surface area contributed by atoms with Gasteiger partial charge in [-0.1, -0.05) is 6.92 Å². The number of piperazine rings is 1. The van der Waals surface area contributed by atoms with Gasteiger partial charge in [0.1, 0.15) is 17.5 Å². The number of halogens is 1. The van der Waals surface area contributed by atoms with Crippen LogP contribution in [0.1, 0.15) is 39.7 Å². The van der Waals surface area contributed by atoms with Crippen molar-refractivity contribution < 1.29 is 9.53 Å². The van der Waals surface area contributed by atoms with Crippen molar-refractivity contribution in [2.75, 3.05) is 24.5 Å². The van der Waals surface area contributed by atoms with Crippen LogP contribution in [-0.2, 0) is 4.74 Å². The third-order valence-electron chi connectivity index (χ3n) is 3.84. The van der Waals surface area contributed by atoms with Gasteiger partial charge in [0.2, 0.25) is 0 Å². The topological polar surface area (TPSA) is 69.5 Å². The third-order valence-corrected chi connectivity index (χ3v) is 4.27. The van der Waals surface area contributed by atoms with Gasteiger partial charge >= 0.3 is 6.09 Å². The molecule has 130 valence electrons. The van der Waals surface area contributed by atoms with Gasteiger partial charge in [-0.25, -0.2) is 9.78 Å². The van der Waals surface area contributed by atoms with Crippen LogP contribution in [0.25, 0.3) is 0 Å². The van der Waals surface area contributed by atoms with Gasteiger partial charge in [0, 0.05) is 30.3 Å². The molecular weight excluding hydrogens is 372 g/mol. The maximum absolute atomic E-state index is 12.4. The number of ether oxygens (including phenoxy) is 1. The second kappa shape index (κ2) is 7.39. The van der Waals surface area contributed by atoms with Crippen LogP contribution in [0, 0.1) is 11.3 Å². The maximum atomic E-state index is 12.4. The summed E-state index contributed by atoms with van der Waals surface area (Å²) in [7, 11) is 0. The molecule has 1 atom stereocenters. The van der Waals surface area contributed by atoms with Gasteiger partial charge in [0.25, 0.3) is 0 Å². The molecule has 2 rings (SSSR count). The van der Waals surface area contributed by atoms with E-state index in [-0.39, 0.29) is 12.1 Å². The van der Waals surface area contributed by atoms with Crippen molar-refractivity contribution in [2.45, 2.75) is 45.8 Å². The number of aromatic nitrogens is 1. The highest BCUT2D eigenvalue weighted by atomic mass is 79.9. The molecule has 1 aromatic heterocycles. The Morgan fingerprint density at radius 1 is 1.50 bits per heavy atom. The fourth-order valence-corrected chi connectivity index (χ4v) is 3.06. The van der Waals surface area contributed by atoms with E-state index in [4.69, 9.17) is 4.74 Å². The molecule has 1 unspecified atom stereocenters. The number of hydrogen-bond acceptors (Lipinski definition) is 5. The number of carbonyl (C=O) groups excluding carboxylic acids is 1. The molecule has 0 spiro atoms. The Bertz CT molecular complexity index is 651. The molecule has 0 bridgehead atoms. The number of pyridine rings is 1. The van der Waals surface area contributed by atoms with E-state index in [2.05, 4.69) is 31.9 Å². The summed E-state index contributed by atoms with van der Waals surface area (Å²) in [6, 6.07) is 3.99. The first-order chi connectivity index (χ1) is 11.2. The molecule has 1 amide bonds. The first-order valence-corrected chi connectivity index (χ1v) is 8.84. The van der Waals surface area contributed by atoms with Crippen LogP contribution in [0.2, 0.25) is 0 Å². The highest BCUT2D eigenvalue weighted by Gasteiger charge is 2.33. The average molecular weight is 395 g/mol. The summed E-state index contributed by atoms with van der Waals surface area (Å²) in [4.78, 5) is 20.7. The largest absolute Gasteiger partial charge is 0.444 e. The lowest BCUT2D eigenvalue weighted by Crippen LogP contribution is -2.56. The molecule has 1 aliphatic heterocycles. The van der Waals surface area contributed by atoms with E-state index < -0.39 is 5.60 Å². The normalized spacial score (nSPS) is 18.2. The third kappa shape index (κ3) is 4.38. The number of carbonyl (C=O) groups is 1. The second-order valence-electron chi connectivity index (χ2n) is 6.82. The van der Waals surface area contributed by atoms with Crippen molar-refractivity contribution in [3.63, 3.8) is 0 Å². The van der Waals surface area contributed by atoms with E-state index in [1.807, 2.05) is 27.7 Å². The van der Waals surface area contributed by atoms with Gasteiger partial charge in [-0.15, -0.1) is 0 Å². The zero-order valence-corrected chi connectivity index (χ0v) is 16.1. The number of rotatable bonds is 2. The van der Waals surface area contributed by atoms with E-state index in [9.17, 15) is 10.1 Å². The highest BCUT2D eigenvalue weighted by molar-refractivity contribution is 9.10. The van der Waals surface area contributed by atoms with Crippen molar-refractivity contribution in [2.24, 2.45) is 0 Å². The van der Waals surface area contributed by atoms with Crippen molar-refractivity contribution in [1.82, 2.24) is 9.88 Å². The molecule has 1 fully saturated rings. The lowest BCUT2D eigenvalue weighted by molar-refractivity contribution is 0.0136. The molecule has 24 heavy (non-hydrogen) atoms. The molecule has 0 aliphatic carbocycles. The first kappa shape index (κ1) is 18.5. The Hall–Kier alpha value is -1.81. The molecule has 1 saturated heterocycles. The molecule has 1 aliphatic rings. The molecular formula is C17H23BrN4O2. The van der Waals surface area contributed by atoms with Crippen molar-refractivity contribution >= 4 is 27.8 Å². The van der Waals surface area contributed by atoms with Gasteiger partial charge in [-0.3, -0.25) is 0 Å². The molecule has 2 heterocycles. The minimum atomic E-state index is -0.506. The number of nitriles is 1. The second-order valence-corrected chi connectivity index (χ2v) is 7.73. The maximum Gasteiger partial charge on any atom is 0.410 e. The summed E-state index contributed by atoms with van der Waals surface area (Å²) in [5, 5.41) is 9.34. The zero-order chi connectivity index (χ0) is 17.9. The smallest absolute Gasteiger partial charge is 0.410 e. The van der Waals surface area contributed by atoms with Gasteiger partial charge < -0.3 is 14.5 Å². The van der Waals surface area contributed by atoms with Gasteiger partial charge in [0.05, 0.1) is 11.6 Å². The number of amides is 1. The minimum Gasteiger partial charge on any atom is -0.444 e. The van der Waals surface area contributed by atoms with Gasteiger partial charge in [-0.2, -0.15) is 5.26 Å². The fourth-order valence-electron chi connectivity index (χ4n) is 2.72. The summed E-state index contributed by atoms with van der Waals surface area (Å²) < 4.78 is 6.28. The summed E-state index contributed by atoms with van der Waals surface area (Å²) in [5.41, 5.74) is 0.0262. The van der Waals surface area contributed by atoms with Crippen LogP contribution in [-0.4, -0.2) is 47.3 Å². The number of anilines is 1. The van der Waals surface area contributed by atoms with Gasteiger partial charge in [0.15, 0.2) is 0 Å². The monoisotopic (exact) mass is 394 g/mol. The predicted molar refractivity (Wildman–Crippen MR) is 95.9 cm³/mol. The summed E-state index contributed by atoms with van der Waals surface area (Å²) in [5.74, 6) is 0.669. The van der Waals surface area contributed by atoms with Crippen molar-refractivity contribution in [1.29, 1.82) is 5.26 Å². The van der Waals surface area contributed by atoms with Crippen LogP contribution in [0.15, 0.2) is 16.7 Å². The summed E-state index contributed by atoms with van der Waals surface area (Å²) in [6.45, 7) is 9.47. The van der Waals surface area contributed by atoms with Crippen LogP contribution in [0.5, 0.6) is 0 Å². The Morgan fingerprint density at radius 2 is 2.21 bits per heavy atom. The Kier molecular flexibility index (Phi) is 5.70. The van der Waals surface area contributed by atoms with E-state index in [0.29, 0.717) is 31.0 Å². The average Bonchev–Trinajstić information content (AvgIpc) is 2.52. The number of hydrogen-bond donors (Lipinski definition) is 0. The Balaban J connectivity index is 2.16. The van der Waals surface area contributed by atoms with E-state index >= 15 is 0 Å². The highest BCUT2D eigenvalue weighted by Crippen LogP contribution is 2.25. The quantitative estimate of drug-likeness (QED) is 0.766. The number of nitrogens with zero attached hydrogens (tertiary/aromatic N) is 4. The lowest BCUT2D eigenvalue weighted by Gasteiger charge is -2.42. The Labute approximate surface area is 151 Å². The predicted octanol–water partition coefficient (Wildman–Crippen LogP) is 3.55. The van der Waals surface area contributed by atoms with Crippen LogP contribution >= 0.6 is 15.9 Å². The summed E-state index contributed by atoms with van der Waals surface area (Å²) >= 11 is 3.34. The molecule has 0 N–H and O–H groups in total. The minimum absolute atomic E-state index is 0.0330. The molecule has 0 aromatic carbocycles. The first-order valence-electron chi connectivity index (χ1n) is 8.05. The van der Waals surface area contributed by atoms with Gasteiger partial charge in [-0.05, 0) is 49.2 Å². The molecule has 7 heteroatoms. The zero-order valence-electron chi connectivity index (χ0n) is 14.5. The molecule has 0 radical (unpaired) electrons. The van der Waals surface area contributed by atoms with Crippen LogP contribution in [0.4, 0.5) is 10.6 Å². The van der Waals surface area contributed by atoms with Crippen LogP contribution in [0.3, 0.4) is 0 Å². The van der Waals surface area contributed by atoms with E-state index in [0.717, 1.165) is 10.9 Å². The Morgan fingerprint density at radius 3 is 2.79 bits per heavy atom. The SMILES string of the molecule is CCC1CN(c2ncc(Br)cc2C#N)CCN1C(=O)OC(C)(C)C. The van der Waals surface area contributed by atoms with E-state index in [1.54, 1.807) is 17.2 Å². The van der Waals surface area contributed by atoms with Crippen LogP contribution < -0.4 is 4.90 Å². The van der Waals surface area contributed by atoms with Crippen molar-refractivity contribution in [3.05, 3.63) is 22.3 Å². The molecule has 6 nitrogen and oxygen atoms in total. The van der Waals surface area contributed by atoms with Crippen molar-refractivity contribution in [3.8, 4) is 6.07 Å².